The van der Waals surface area contributed by atoms with Crippen LogP contribution < -0.4 is 0 Å². The first-order chi connectivity index (χ1) is 8.43. The molecule has 0 unspecified atom stereocenters. The van der Waals surface area contributed by atoms with Crippen LogP contribution in [0.4, 0.5) is 0 Å². The van der Waals surface area contributed by atoms with Crippen molar-refractivity contribution in [1.82, 2.24) is 9.97 Å². The van der Waals surface area contributed by atoms with Crippen LogP contribution in [0.2, 0.25) is 0 Å². The third-order valence-electron chi connectivity index (χ3n) is 2.63. The third-order valence-corrected chi connectivity index (χ3v) is 2.63. The lowest BCUT2D eigenvalue weighted by molar-refractivity contribution is 1.24. The van der Waals surface area contributed by atoms with Gasteiger partial charge in [0, 0.05) is 30.6 Å². The topological polar surface area (TPSA) is 38.1 Å². The van der Waals surface area contributed by atoms with Gasteiger partial charge in [0.15, 0.2) is 0 Å². The van der Waals surface area contributed by atoms with Crippen LogP contribution in [0.3, 0.4) is 0 Å². The van der Waals surface area contributed by atoms with Crippen LogP contribution in [-0.2, 0) is 0 Å². The predicted octanol–water partition coefficient (Wildman–Crippen LogP) is 2.96. The van der Waals surface area contributed by atoms with E-state index in [9.17, 15) is 0 Å². The monoisotopic (exact) mass is 221 g/mol. The minimum absolute atomic E-state index is 0.886. The maximum absolute atomic E-state index is 4.42. The fraction of sp³-hybridized carbons (Fsp3) is 0.0714. The van der Waals surface area contributed by atoms with Crippen molar-refractivity contribution < 1.29 is 0 Å². The molecule has 0 saturated carbocycles. The molecule has 0 aliphatic carbocycles. The Kier molecular flexibility index (Phi) is 2.50. The summed E-state index contributed by atoms with van der Waals surface area (Å²) in [5.74, 6) is 0. The SMILES string of the molecule is C1=NC(c2ccc(-c3ccccn3)nc2)=CC1. The number of nitrogens with zero attached hydrogens (tertiary/aromatic N) is 3. The van der Waals surface area contributed by atoms with Gasteiger partial charge in [0.2, 0.25) is 0 Å². The van der Waals surface area contributed by atoms with E-state index in [0.29, 0.717) is 0 Å². The first-order valence-electron chi connectivity index (χ1n) is 5.54. The Bertz CT molecular complexity index is 568. The van der Waals surface area contributed by atoms with E-state index in [-0.39, 0.29) is 0 Å². The van der Waals surface area contributed by atoms with Gasteiger partial charge in [0.1, 0.15) is 0 Å². The third kappa shape index (κ3) is 1.99. The average Bonchev–Trinajstić information content (AvgIpc) is 2.94. The molecule has 3 nitrogen and oxygen atoms in total. The van der Waals surface area contributed by atoms with Crippen molar-refractivity contribution in [2.24, 2.45) is 4.99 Å². The Morgan fingerprint density at radius 2 is 1.88 bits per heavy atom. The zero-order valence-corrected chi connectivity index (χ0v) is 9.24. The Labute approximate surface area is 99.6 Å². The lowest BCUT2D eigenvalue weighted by Gasteiger charge is -2.02. The Hall–Kier alpha value is -2.29. The molecular formula is C14H11N3. The highest BCUT2D eigenvalue weighted by Crippen LogP contribution is 2.21. The molecule has 3 rings (SSSR count). The summed E-state index contributed by atoms with van der Waals surface area (Å²) in [6.45, 7) is 0. The first kappa shape index (κ1) is 9.90. The minimum Gasteiger partial charge on any atom is -0.261 e. The van der Waals surface area contributed by atoms with Gasteiger partial charge in [0.25, 0.3) is 0 Å². The molecule has 17 heavy (non-hydrogen) atoms. The van der Waals surface area contributed by atoms with Crippen molar-refractivity contribution >= 4 is 11.9 Å². The zero-order valence-electron chi connectivity index (χ0n) is 9.24. The lowest BCUT2D eigenvalue weighted by Crippen LogP contribution is -1.88. The number of hydrogen-bond acceptors (Lipinski definition) is 3. The Morgan fingerprint density at radius 3 is 2.53 bits per heavy atom. The van der Waals surface area contributed by atoms with Gasteiger partial charge in [-0.25, -0.2) is 0 Å². The summed E-state index contributed by atoms with van der Waals surface area (Å²) < 4.78 is 0. The van der Waals surface area contributed by atoms with Crippen LogP contribution in [0.5, 0.6) is 0 Å². The highest BCUT2D eigenvalue weighted by atomic mass is 14.8. The molecule has 1 aliphatic heterocycles. The second kappa shape index (κ2) is 4.29. The van der Waals surface area contributed by atoms with E-state index >= 15 is 0 Å². The number of rotatable bonds is 2. The molecule has 0 aromatic carbocycles. The van der Waals surface area contributed by atoms with E-state index in [1.807, 2.05) is 42.7 Å². The van der Waals surface area contributed by atoms with Crippen LogP contribution in [0.1, 0.15) is 12.0 Å². The first-order valence-corrected chi connectivity index (χ1v) is 5.54. The molecule has 1 aliphatic rings. The second-order valence-corrected chi connectivity index (χ2v) is 3.78. The second-order valence-electron chi connectivity index (χ2n) is 3.78. The molecule has 2 aromatic heterocycles. The molecular weight excluding hydrogens is 210 g/mol. The fourth-order valence-electron chi connectivity index (χ4n) is 1.77. The van der Waals surface area contributed by atoms with E-state index < -0.39 is 0 Å². The van der Waals surface area contributed by atoms with Crippen molar-refractivity contribution in [2.75, 3.05) is 0 Å². The molecule has 0 fully saturated rings. The van der Waals surface area contributed by atoms with Crippen molar-refractivity contribution in [2.45, 2.75) is 6.42 Å². The summed E-state index contributed by atoms with van der Waals surface area (Å²) in [7, 11) is 0. The van der Waals surface area contributed by atoms with Gasteiger partial charge in [-0.05, 0) is 24.3 Å². The zero-order chi connectivity index (χ0) is 11.5. The van der Waals surface area contributed by atoms with Crippen molar-refractivity contribution in [1.29, 1.82) is 0 Å². The van der Waals surface area contributed by atoms with E-state index in [2.05, 4.69) is 21.0 Å². The summed E-state index contributed by atoms with van der Waals surface area (Å²) in [5.41, 5.74) is 3.84. The number of aromatic nitrogens is 2. The summed E-state index contributed by atoms with van der Waals surface area (Å²) in [5, 5.41) is 0. The maximum Gasteiger partial charge on any atom is 0.0886 e. The van der Waals surface area contributed by atoms with Gasteiger partial charge in [0.05, 0.1) is 17.1 Å². The molecule has 82 valence electrons. The van der Waals surface area contributed by atoms with Gasteiger partial charge >= 0.3 is 0 Å². The van der Waals surface area contributed by atoms with Crippen LogP contribution >= 0.6 is 0 Å². The molecule has 0 bridgehead atoms. The highest BCUT2D eigenvalue weighted by molar-refractivity contribution is 5.81. The minimum atomic E-state index is 0.886. The number of hydrogen-bond donors (Lipinski definition) is 0. The van der Waals surface area contributed by atoms with Gasteiger partial charge in [-0.2, -0.15) is 0 Å². The van der Waals surface area contributed by atoms with Gasteiger partial charge in [-0.1, -0.05) is 12.1 Å². The molecule has 0 spiro atoms. The van der Waals surface area contributed by atoms with Crippen LogP contribution in [0.25, 0.3) is 17.1 Å². The summed E-state index contributed by atoms with van der Waals surface area (Å²) >= 11 is 0. The quantitative estimate of drug-likeness (QED) is 0.782. The average molecular weight is 221 g/mol. The van der Waals surface area contributed by atoms with Crippen molar-refractivity contribution in [3.63, 3.8) is 0 Å². The van der Waals surface area contributed by atoms with Crippen molar-refractivity contribution in [3.8, 4) is 11.4 Å². The molecule has 3 heterocycles. The fourth-order valence-corrected chi connectivity index (χ4v) is 1.77. The lowest BCUT2D eigenvalue weighted by atomic mass is 10.1. The highest BCUT2D eigenvalue weighted by Gasteiger charge is 2.05. The maximum atomic E-state index is 4.42. The molecule has 0 atom stereocenters. The van der Waals surface area contributed by atoms with E-state index in [0.717, 1.165) is 29.1 Å². The summed E-state index contributed by atoms with van der Waals surface area (Å²) in [4.78, 5) is 13.0. The molecule has 0 radical (unpaired) electrons. The number of pyridine rings is 2. The molecule has 3 heteroatoms. The van der Waals surface area contributed by atoms with E-state index in [4.69, 9.17) is 0 Å². The Morgan fingerprint density at radius 1 is 0.941 bits per heavy atom. The van der Waals surface area contributed by atoms with Crippen LogP contribution in [0.15, 0.2) is 53.8 Å². The largest absolute Gasteiger partial charge is 0.261 e. The van der Waals surface area contributed by atoms with Gasteiger partial charge in [-0.3, -0.25) is 15.0 Å². The summed E-state index contributed by atoms with van der Waals surface area (Å²) in [6, 6.07) is 9.82. The normalized spacial score (nSPS) is 13.8. The smallest absolute Gasteiger partial charge is 0.0886 e. The number of allylic oxidation sites excluding steroid dienone is 1. The number of aliphatic imine (C=N–C) groups is 1. The van der Waals surface area contributed by atoms with E-state index in [1.54, 1.807) is 6.20 Å². The summed E-state index contributed by atoms with van der Waals surface area (Å²) in [6.07, 6.45) is 8.53. The molecule has 2 aromatic rings. The van der Waals surface area contributed by atoms with Crippen LogP contribution in [-0.4, -0.2) is 16.2 Å². The molecule has 0 N–H and O–H groups in total. The van der Waals surface area contributed by atoms with E-state index in [1.165, 1.54) is 0 Å². The standard InChI is InChI=1S/C14H11N3/c1-2-8-16-13(4-1)14-7-6-11(10-17-14)12-5-3-9-15-12/h1-2,4-10H,3H2. The Balaban J connectivity index is 1.93. The molecule has 0 saturated heterocycles. The van der Waals surface area contributed by atoms with Gasteiger partial charge < -0.3 is 0 Å². The predicted molar refractivity (Wildman–Crippen MR) is 68.6 cm³/mol. The van der Waals surface area contributed by atoms with Crippen LogP contribution in [0, 0.1) is 0 Å². The molecule has 0 amide bonds. The van der Waals surface area contributed by atoms with Crippen molar-refractivity contribution in [3.05, 3.63) is 54.4 Å². The van der Waals surface area contributed by atoms with Gasteiger partial charge in [-0.15, -0.1) is 0 Å².